The second-order valence-corrected chi connectivity index (χ2v) is 5.23. The minimum Gasteiger partial charge on any atom is -0.481 e. The average Bonchev–Trinajstić information content (AvgIpc) is 2.40. The van der Waals surface area contributed by atoms with Gasteiger partial charge in [0.1, 0.15) is 5.75 Å². The molecule has 1 unspecified atom stereocenters. The molecule has 2 atom stereocenters. The maximum atomic E-state index is 12.2. The number of carbonyl (C=O) groups is 1. The van der Waals surface area contributed by atoms with Gasteiger partial charge in [-0.15, -0.1) is 0 Å². The second kappa shape index (κ2) is 6.26. The molecule has 4 nitrogen and oxygen atoms in total. The van der Waals surface area contributed by atoms with Crippen LogP contribution in [0.15, 0.2) is 24.3 Å². The zero-order valence-corrected chi connectivity index (χ0v) is 11.6. The van der Waals surface area contributed by atoms with E-state index in [0.29, 0.717) is 23.9 Å². The van der Waals surface area contributed by atoms with Gasteiger partial charge in [-0.05, 0) is 44.0 Å². The van der Waals surface area contributed by atoms with Gasteiger partial charge in [0, 0.05) is 18.1 Å². The fourth-order valence-electron chi connectivity index (χ4n) is 2.18. The van der Waals surface area contributed by atoms with Crippen LogP contribution in [-0.2, 0) is 4.79 Å². The molecule has 1 fully saturated rings. The van der Waals surface area contributed by atoms with Crippen molar-refractivity contribution in [2.45, 2.75) is 32.0 Å². The maximum Gasteiger partial charge on any atom is 0.263 e. The minimum absolute atomic E-state index is 0.0892. The summed E-state index contributed by atoms with van der Waals surface area (Å²) in [7, 11) is 0. The van der Waals surface area contributed by atoms with E-state index >= 15 is 0 Å². The number of aliphatic hydroxyl groups excluding tert-OH is 1. The third-order valence-electron chi connectivity index (χ3n) is 3.18. The molecule has 19 heavy (non-hydrogen) atoms. The van der Waals surface area contributed by atoms with Crippen molar-refractivity contribution in [1.29, 1.82) is 0 Å². The maximum absolute atomic E-state index is 12.2. The van der Waals surface area contributed by atoms with E-state index < -0.39 is 12.2 Å². The Morgan fingerprint density at radius 3 is 2.79 bits per heavy atom. The van der Waals surface area contributed by atoms with E-state index in [0.717, 1.165) is 12.8 Å². The molecule has 1 aliphatic heterocycles. The van der Waals surface area contributed by atoms with Gasteiger partial charge in [-0.1, -0.05) is 11.6 Å². The van der Waals surface area contributed by atoms with Gasteiger partial charge >= 0.3 is 0 Å². The molecule has 0 aromatic heterocycles. The Balaban J connectivity index is 1.93. The lowest BCUT2D eigenvalue weighted by Gasteiger charge is -2.32. The van der Waals surface area contributed by atoms with Crippen molar-refractivity contribution >= 4 is 17.5 Å². The number of likely N-dealkylation sites (tertiary alicyclic amines) is 1. The third-order valence-corrected chi connectivity index (χ3v) is 3.43. The molecular weight excluding hydrogens is 266 g/mol. The molecule has 1 aromatic rings. The summed E-state index contributed by atoms with van der Waals surface area (Å²) >= 11 is 5.79. The first-order valence-corrected chi connectivity index (χ1v) is 6.83. The summed E-state index contributed by atoms with van der Waals surface area (Å²) in [5.41, 5.74) is 0. The molecule has 0 radical (unpaired) electrons. The molecule has 2 rings (SSSR count). The molecule has 0 saturated carbocycles. The summed E-state index contributed by atoms with van der Waals surface area (Å²) in [5.74, 6) is 0.525. The lowest BCUT2D eigenvalue weighted by Crippen LogP contribution is -2.47. The van der Waals surface area contributed by atoms with Crippen molar-refractivity contribution in [3.05, 3.63) is 29.3 Å². The number of rotatable bonds is 3. The van der Waals surface area contributed by atoms with Gasteiger partial charge in [-0.3, -0.25) is 4.79 Å². The average molecular weight is 284 g/mol. The molecule has 1 saturated heterocycles. The van der Waals surface area contributed by atoms with E-state index in [-0.39, 0.29) is 5.91 Å². The highest BCUT2D eigenvalue weighted by Crippen LogP contribution is 2.18. The smallest absolute Gasteiger partial charge is 0.263 e. The first-order valence-electron chi connectivity index (χ1n) is 6.45. The van der Waals surface area contributed by atoms with E-state index in [9.17, 15) is 9.90 Å². The van der Waals surface area contributed by atoms with Gasteiger partial charge in [0.25, 0.3) is 5.91 Å². The summed E-state index contributed by atoms with van der Waals surface area (Å²) in [6.45, 7) is 2.80. The third kappa shape index (κ3) is 3.85. The summed E-state index contributed by atoms with van der Waals surface area (Å²) in [4.78, 5) is 13.8. The first-order chi connectivity index (χ1) is 9.06. The number of hydrogen-bond acceptors (Lipinski definition) is 3. The van der Waals surface area contributed by atoms with Crippen molar-refractivity contribution < 1.29 is 14.6 Å². The van der Waals surface area contributed by atoms with Crippen LogP contribution in [0.4, 0.5) is 0 Å². The summed E-state index contributed by atoms with van der Waals surface area (Å²) in [5, 5.41) is 10.2. The van der Waals surface area contributed by atoms with Crippen LogP contribution in [0.3, 0.4) is 0 Å². The number of nitrogens with zero attached hydrogens (tertiary/aromatic N) is 1. The number of amides is 1. The number of carbonyl (C=O) groups excluding carboxylic acids is 1. The molecule has 0 spiro atoms. The number of aliphatic hydroxyl groups is 1. The highest BCUT2D eigenvalue weighted by atomic mass is 35.5. The molecule has 104 valence electrons. The van der Waals surface area contributed by atoms with Crippen LogP contribution in [-0.4, -0.2) is 41.2 Å². The molecular formula is C14H18ClNO3. The predicted molar refractivity (Wildman–Crippen MR) is 73.4 cm³/mol. The van der Waals surface area contributed by atoms with E-state index in [4.69, 9.17) is 16.3 Å². The number of ether oxygens (including phenoxy) is 1. The summed E-state index contributed by atoms with van der Waals surface area (Å²) in [6, 6.07) is 6.91. The van der Waals surface area contributed by atoms with Crippen molar-refractivity contribution in [1.82, 2.24) is 4.90 Å². The van der Waals surface area contributed by atoms with Crippen LogP contribution >= 0.6 is 11.6 Å². The normalized spacial score (nSPS) is 21.0. The number of piperidine rings is 1. The monoisotopic (exact) mass is 283 g/mol. The Morgan fingerprint density at radius 1 is 1.47 bits per heavy atom. The van der Waals surface area contributed by atoms with Gasteiger partial charge in [0.2, 0.25) is 0 Å². The molecule has 1 aliphatic rings. The Bertz CT molecular complexity index is 435. The van der Waals surface area contributed by atoms with Crippen LogP contribution < -0.4 is 4.74 Å². The van der Waals surface area contributed by atoms with Crippen LogP contribution in [0.1, 0.15) is 19.8 Å². The van der Waals surface area contributed by atoms with Gasteiger partial charge in [-0.2, -0.15) is 0 Å². The Hall–Kier alpha value is -1.26. The second-order valence-electron chi connectivity index (χ2n) is 4.79. The fourth-order valence-corrected chi connectivity index (χ4v) is 2.31. The molecule has 1 heterocycles. The SMILES string of the molecule is CC(Oc1ccc(Cl)cc1)C(=O)N1CCC[C@H](O)C1. The van der Waals surface area contributed by atoms with Gasteiger partial charge in [0.05, 0.1) is 6.10 Å². The predicted octanol–water partition coefficient (Wildman–Crippen LogP) is 2.09. The van der Waals surface area contributed by atoms with Gasteiger partial charge < -0.3 is 14.7 Å². The minimum atomic E-state index is -0.563. The summed E-state index contributed by atoms with van der Waals surface area (Å²) in [6.07, 6.45) is 0.614. The van der Waals surface area contributed by atoms with Crippen molar-refractivity contribution in [3.63, 3.8) is 0 Å². The van der Waals surface area contributed by atoms with E-state index in [1.165, 1.54) is 0 Å². The fraction of sp³-hybridized carbons (Fsp3) is 0.500. The van der Waals surface area contributed by atoms with Crippen molar-refractivity contribution in [3.8, 4) is 5.75 Å². The molecule has 5 heteroatoms. The number of halogens is 1. The Morgan fingerprint density at radius 2 is 2.16 bits per heavy atom. The topological polar surface area (TPSA) is 49.8 Å². The molecule has 0 bridgehead atoms. The lowest BCUT2D eigenvalue weighted by molar-refractivity contribution is -0.141. The Kier molecular flexibility index (Phi) is 4.66. The summed E-state index contributed by atoms with van der Waals surface area (Å²) < 4.78 is 5.59. The Labute approximate surface area is 117 Å². The van der Waals surface area contributed by atoms with Gasteiger partial charge in [-0.25, -0.2) is 0 Å². The van der Waals surface area contributed by atoms with Gasteiger partial charge in [0.15, 0.2) is 6.10 Å². The van der Waals surface area contributed by atoms with Crippen LogP contribution in [0.25, 0.3) is 0 Å². The van der Waals surface area contributed by atoms with E-state index in [1.807, 2.05) is 0 Å². The van der Waals surface area contributed by atoms with Crippen LogP contribution in [0.2, 0.25) is 5.02 Å². The molecule has 1 N–H and O–H groups in total. The zero-order chi connectivity index (χ0) is 13.8. The quantitative estimate of drug-likeness (QED) is 0.924. The highest BCUT2D eigenvalue weighted by Gasteiger charge is 2.26. The van der Waals surface area contributed by atoms with E-state index in [1.54, 1.807) is 36.1 Å². The van der Waals surface area contributed by atoms with Crippen molar-refractivity contribution in [2.24, 2.45) is 0 Å². The first kappa shape index (κ1) is 14.2. The standard InChI is InChI=1S/C14H18ClNO3/c1-10(19-13-6-4-11(15)5-7-13)14(18)16-8-2-3-12(17)9-16/h4-7,10,12,17H,2-3,8-9H2,1H3/t10?,12-/m0/s1. The highest BCUT2D eigenvalue weighted by molar-refractivity contribution is 6.30. The van der Waals surface area contributed by atoms with E-state index in [2.05, 4.69) is 0 Å². The number of benzene rings is 1. The van der Waals surface area contributed by atoms with Crippen molar-refractivity contribution in [2.75, 3.05) is 13.1 Å². The number of hydrogen-bond donors (Lipinski definition) is 1. The van der Waals surface area contributed by atoms with Crippen LogP contribution in [0.5, 0.6) is 5.75 Å². The number of β-amino-alcohol motifs (C(OH)–C–C–N with tert-alkyl or cyclic N) is 1. The molecule has 0 aliphatic carbocycles. The molecule has 1 amide bonds. The largest absolute Gasteiger partial charge is 0.481 e. The van der Waals surface area contributed by atoms with Crippen LogP contribution in [0, 0.1) is 0 Å². The molecule has 1 aromatic carbocycles. The zero-order valence-electron chi connectivity index (χ0n) is 10.9. The lowest BCUT2D eigenvalue weighted by atomic mass is 10.1.